The van der Waals surface area contributed by atoms with E-state index >= 15 is 0 Å². The summed E-state index contributed by atoms with van der Waals surface area (Å²) in [6.45, 7) is 3.72. The molecule has 1 heterocycles. The van der Waals surface area contributed by atoms with E-state index in [0.717, 1.165) is 30.8 Å². The second kappa shape index (κ2) is 5.58. The molecule has 0 aliphatic rings. The topological polar surface area (TPSA) is 47.8 Å². The van der Waals surface area contributed by atoms with Gasteiger partial charge in [-0.3, -0.25) is 9.36 Å². The summed E-state index contributed by atoms with van der Waals surface area (Å²) in [5.41, 5.74) is 1.65. The summed E-state index contributed by atoms with van der Waals surface area (Å²) < 4.78 is 1.95. The standard InChI is InChI=1S/C14H17N3O/c1-3-4-8-14-16-15-10-17(14)13-7-5-6-12(9-13)11(2)18/h5-7,9-10H,3-4,8H2,1-2H3. The molecule has 0 saturated carbocycles. The summed E-state index contributed by atoms with van der Waals surface area (Å²) in [6.07, 6.45) is 4.82. The molecule has 4 nitrogen and oxygen atoms in total. The molecule has 0 bridgehead atoms. The first-order valence-electron chi connectivity index (χ1n) is 6.22. The SMILES string of the molecule is CCCCc1nncn1-c1cccc(C(C)=O)c1. The van der Waals surface area contributed by atoms with Gasteiger partial charge in [0, 0.05) is 17.7 Å². The summed E-state index contributed by atoms with van der Waals surface area (Å²) in [5.74, 6) is 1.01. The zero-order valence-corrected chi connectivity index (χ0v) is 10.8. The highest BCUT2D eigenvalue weighted by molar-refractivity contribution is 5.94. The van der Waals surface area contributed by atoms with Crippen LogP contribution in [0.4, 0.5) is 0 Å². The Balaban J connectivity index is 2.33. The number of nitrogens with zero attached hydrogens (tertiary/aromatic N) is 3. The molecule has 0 unspecified atom stereocenters. The van der Waals surface area contributed by atoms with Crippen LogP contribution < -0.4 is 0 Å². The van der Waals surface area contributed by atoms with Crippen molar-refractivity contribution >= 4 is 5.78 Å². The molecule has 94 valence electrons. The molecule has 1 aromatic carbocycles. The third kappa shape index (κ3) is 2.64. The van der Waals surface area contributed by atoms with E-state index in [1.54, 1.807) is 13.3 Å². The van der Waals surface area contributed by atoms with Crippen LogP contribution in [0.15, 0.2) is 30.6 Å². The van der Waals surface area contributed by atoms with Crippen LogP contribution >= 0.6 is 0 Å². The molecule has 0 N–H and O–H groups in total. The highest BCUT2D eigenvalue weighted by Gasteiger charge is 2.07. The maximum absolute atomic E-state index is 11.4. The summed E-state index contributed by atoms with van der Waals surface area (Å²) >= 11 is 0. The number of unbranched alkanes of at least 4 members (excludes halogenated alkanes) is 1. The number of aryl methyl sites for hydroxylation is 1. The average molecular weight is 243 g/mol. The molecule has 0 fully saturated rings. The fourth-order valence-electron chi connectivity index (χ4n) is 1.85. The van der Waals surface area contributed by atoms with Crippen molar-refractivity contribution in [3.8, 4) is 5.69 Å². The number of hydrogen-bond donors (Lipinski definition) is 0. The number of ketones is 1. The molecule has 0 aliphatic heterocycles. The van der Waals surface area contributed by atoms with Gasteiger partial charge in [-0.25, -0.2) is 0 Å². The van der Waals surface area contributed by atoms with Crippen LogP contribution in [0.25, 0.3) is 5.69 Å². The highest BCUT2D eigenvalue weighted by Crippen LogP contribution is 2.14. The minimum atomic E-state index is 0.0695. The average Bonchev–Trinajstić information content (AvgIpc) is 2.84. The molecule has 0 saturated heterocycles. The summed E-state index contributed by atoms with van der Waals surface area (Å²) in [7, 11) is 0. The van der Waals surface area contributed by atoms with Gasteiger partial charge in [0.15, 0.2) is 5.78 Å². The lowest BCUT2D eigenvalue weighted by atomic mass is 10.1. The van der Waals surface area contributed by atoms with Crippen LogP contribution in [-0.4, -0.2) is 20.5 Å². The van der Waals surface area contributed by atoms with Gasteiger partial charge in [0.05, 0.1) is 0 Å². The second-order valence-electron chi connectivity index (χ2n) is 4.33. The van der Waals surface area contributed by atoms with Gasteiger partial charge in [-0.05, 0) is 25.5 Å². The van der Waals surface area contributed by atoms with Crippen LogP contribution in [0.2, 0.25) is 0 Å². The second-order valence-corrected chi connectivity index (χ2v) is 4.33. The van der Waals surface area contributed by atoms with Gasteiger partial charge in [0.2, 0.25) is 0 Å². The van der Waals surface area contributed by atoms with Crippen LogP contribution in [0, 0.1) is 0 Å². The maximum Gasteiger partial charge on any atom is 0.159 e. The number of hydrogen-bond acceptors (Lipinski definition) is 3. The number of carbonyl (C=O) groups is 1. The Labute approximate surface area is 107 Å². The molecule has 0 spiro atoms. The molecule has 2 rings (SSSR count). The lowest BCUT2D eigenvalue weighted by molar-refractivity contribution is 0.101. The van der Waals surface area contributed by atoms with E-state index in [-0.39, 0.29) is 5.78 Å². The lowest BCUT2D eigenvalue weighted by Crippen LogP contribution is -2.02. The first-order valence-corrected chi connectivity index (χ1v) is 6.22. The third-order valence-corrected chi connectivity index (χ3v) is 2.90. The van der Waals surface area contributed by atoms with E-state index in [4.69, 9.17) is 0 Å². The first kappa shape index (κ1) is 12.5. The molecule has 0 amide bonds. The smallest absolute Gasteiger partial charge is 0.159 e. The zero-order valence-electron chi connectivity index (χ0n) is 10.8. The Morgan fingerprint density at radius 2 is 2.22 bits per heavy atom. The van der Waals surface area contributed by atoms with Gasteiger partial charge in [-0.15, -0.1) is 10.2 Å². The van der Waals surface area contributed by atoms with Crippen molar-refractivity contribution in [3.63, 3.8) is 0 Å². The number of benzene rings is 1. The Morgan fingerprint density at radius 1 is 1.39 bits per heavy atom. The van der Waals surface area contributed by atoms with E-state index in [0.29, 0.717) is 5.56 Å². The molecule has 18 heavy (non-hydrogen) atoms. The van der Waals surface area contributed by atoms with Gasteiger partial charge in [0.1, 0.15) is 12.2 Å². The zero-order chi connectivity index (χ0) is 13.0. The summed E-state index contributed by atoms with van der Waals surface area (Å²) in [4.78, 5) is 11.4. The summed E-state index contributed by atoms with van der Waals surface area (Å²) in [6, 6.07) is 7.55. The Hall–Kier alpha value is -1.97. The summed E-state index contributed by atoms with van der Waals surface area (Å²) in [5, 5.41) is 8.09. The fourth-order valence-corrected chi connectivity index (χ4v) is 1.85. The largest absolute Gasteiger partial charge is 0.295 e. The van der Waals surface area contributed by atoms with Crippen molar-refractivity contribution in [1.82, 2.24) is 14.8 Å². The Kier molecular flexibility index (Phi) is 3.87. The van der Waals surface area contributed by atoms with Gasteiger partial charge in [-0.1, -0.05) is 25.5 Å². The van der Waals surface area contributed by atoms with Gasteiger partial charge < -0.3 is 0 Å². The number of rotatable bonds is 5. The minimum Gasteiger partial charge on any atom is -0.295 e. The van der Waals surface area contributed by atoms with E-state index in [2.05, 4.69) is 17.1 Å². The van der Waals surface area contributed by atoms with Gasteiger partial charge in [0.25, 0.3) is 0 Å². The Morgan fingerprint density at radius 3 is 2.94 bits per heavy atom. The van der Waals surface area contributed by atoms with E-state index in [1.165, 1.54) is 0 Å². The highest BCUT2D eigenvalue weighted by atomic mass is 16.1. The van der Waals surface area contributed by atoms with Crippen molar-refractivity contribution in [2.75, 3.05) is 0 Å². The predicted octanol–water partition coefficient (Wildman–Crippen LogP) is 2.81. The Bertz CT molecular complexity index is 545. The third-order valence-electron chi connectivity index (χ3n) is 2.90. The van der Waals surface area contributed by atoms with Crippen LogP contribution in [0.1, 0.15) is 42.9 Å². The molecular weight excluding hydrogens is 226 g/mol. The van der Waals surface area contributed by atoms with Crippen molar-refractivity contribution in [3.05, 3.63) is 42.0 Å². The lowest BCUT2D eigenvalue weighted by Gasteiger charge is -2.07. The number of aromatic nitrogens is 3. The molecule has 2 aromatic rings. The minimum absolute atomic E-state index is 0.0695. The van der Waals surface area contributed by atoms with Gasteiger partial charge in [-0.2, -0.15) is 0 Å². The molecule has 0 atom stereocenters. The molecule has 0 aliphatic carbocycles. The normalized spacial score (nSPS) is 10.6. The van der Waals surface area contributed by atoms with Crippen LogP contribution in [0.3, 0.4) is 0 Å². The van der Waals surface area contributed by atoms with Crippen LogP contribution in [-0.2, 0) is 6.42 Å². The van der Waals surface area contributed by atoms with Crippen molar-refractivity contribution in [2.24, 2.45) is 0 Å². The number of carbonyl (C=O) groups excluding carboxylic acids is 1. The molecule has 1 aromatic heterocycles. The quantitative estimate of drug-likeness (QED) is 0.759. The van der Waals surface area contributed by atoms with E-state index in [9.17, 15) is 4.79 Å². The fraction of sp³-hybridized carbons (Fsp3) is 0.357. The number of Topliss-reactive ketones (excluding diaryl/α,β-unsaturated/α-hetero) is 1. The van der Waals surface area contributed by atoms with Crippen LogP contribution in [0.5, 0.6) is 0 Å². The molecular formula is C14H17N3O. The van der Waals surface area contributed by atoms with E-state index < -0.39 is 0 Å². The van der Waals surface area contributed by atoms with Gasteiger partial charge >= 0.3 is 0 Å². The van der Waals surface area contributed by atoms with Crippen molar-refractivity contribution < 1.29 is 4.79 Å². The molecule has 0 radical (unpaired) electrons. The first-order chi connectivity index (χ1) is 8.72. The maximum atomic E-state index is 11.4. The predicted molar refractivity (Wildman–Crippen MR) is 70.0 cm³/mol. The van der Waals surface area contributed by atoms with Crippen molar-refractivity contribution in [2.45, 2.75) is 33.1 Å². The van der Waals surface area contributed by atoms with Crippen molar-refractivity contribution in [1.29, 1.82) is 0 Å². The van der Waals surface area contributed by atoms with E-state index in [1.807, 2.05) is 28.8 Å². The molecule has 4 heteroatoms. The monoisotopic (exact) mass is 243 g/mol.